The van der Waals surface area contributed by atoms with Crippen LogP contribution in [0.1, 0.15) is 91.1 Å². The van der Waals surface area contributed by atoms with Crippen LogP contribution in [-0.4, -0.2) is 62.7 Å². The van der Waals surface area contributed by atoms with Crippen LogP contribution in [0, 0.1) is 19.7 Å². The first-order valence-electron chi connectivity index (χ1n) is 16.2. The molecule has 270 valence electrons. The van der Waals surface area contributed by atoms with Crippen molar-refractivity contribution in [1.29, 1.82) is 0 Å². The Balaban J connectivity index is 0.000000365. The first-order valence-corrected chi connectivity index (χ1v) is 22.0. The maximum absolute atomic E-state index is 13.5. The number of carbonyl (C=O) groups is 2. The van der Waals surface area contributed by atoms with Gasteiger partial charge in [0.05, 0.1) is 38.8 Å². The van der Waals surface area contributed by atoms with E-state index in [0.717, 1.165) is 5.56 Å². The van der Waals surface area contributed by atoms with Crippen molar-refractivity contribution >= 4 is 28.5 Å². The molecule has 0 saturated carbocycles. The summed E-state index contributed by atoms with van der Waals surface area (Å²) in [4.78, 5) is 41.1. The van der Waals surface area contributed by atoms with Crippen molar-refractivity contribution in [3.63, 3.8) is 0 Å². The molecule has 0 aliphatic carbocycles. The molecule has 1 amide bonds. The predicted octanol–water partition coefficient (Wildman–Crippen LogP) is 7.48. The van der Waals surface area contributed by atoms with Crippen LogP contribution in [0.3, 0.4) is 0 Å². The van der Waals surface area contributed by atoms with Crippen LogP contribution in [0.25, 0.3) is 0 Å². The van der Waals surface area contributed by atoms with Gasteiger partial charge in [-0.15, -0.1) is 0 Å². The number of aryl methyl sites for hydroxylation is 2. The molecule has 3 aromatic rings. The highest BCUT2D eigenvalue weighted by Crippen LogP contribution is 2.38. The molecule has 0 radical (unpaired) electrons. The molecule has 0 atom stereocenters. The van der Waals surface area contributed by atoms with Crippen molar-refractivity contribution in [2.75, 3.05) is 14.2 Å². The van der Waals surface area contributed by atoms with Gasteiger partial charge in [0.15, 0.2) is 33.9 Å². The minimum atomic E-state index is -1.93. The first-order chi connectivity index (χ1) is 22.5. The molecule has 3 rings (SSSR count). The molecule has 11 nitrogen and oxygen atoms in total. The molecule has 0 fully saturated rings. The third kappa shape index (κ3) is 12.4. The van der Waals surface area contributed by atoms with Gasteiger partial charge in [0.2, 0.25) is 0 Å². The van der Waals surface area contributed by atoms with Gasteiger partial charge in [-0.2, -0.15) is 0 Å². The summed E-state index contributed by atoms with van der Waals surface area (Å²) < 4.78 is 35.5. The quantitative estimate of drug-likeness (QED) is 0.157. The molecule has 0 saturated heterocycles. The minimum Gasteiger partial charge on any atom is -0.494 e. The summed E-state index contributed by atoms with van der Waals surface area (Å²) in [5.74, 6) is -0.0341. The van der Waals surface area contributed by atoms with Gasteiger partial charge >= 0.3 is 5.97 Å². The topological polar surface area (TPSA) is 135 Å². The van der Waals surface area contributed by atoms with Crippen molar-refractivity contribution in [3.8, 4) is 5.75 Å². The number of nitrogens with zero attached hydrogens (tertiary/aromatic N) is 4. The van der Waals surface area contributed by atoms with Gasteiger partial charge in [-0.1, -0.05) is 47.6 Å². The van der Waals surface area contributed by atoms with Gasteiger partial charge in [0.25, 0.3) is 5.91 Å². The molecule has 0 aliphatic rings. The van der Waals surface area contributed by atoms with Crippen LogP contribution >= 0.6 is 0 Å². The van der Waals surface area contributed by atoms with E-state index in [1.54, 1.807) is 38.1 Å². The lowest BCUT2D eigenvalue weighted by Crippen LogP contribution is -2.40. The van der Waals surface area contributed by atoms with E-state index in [1.165, 1.54) is 20.3 Å². The van der Waals surface area contributed by atoms with E-state index < -0.39 is 28.4 Å². The summed E-state index contributed by atoms with van der Waals surface area (Å²) in [7, 11) is -1.02. The average molecular weight is 716 g/mol. The van der Waals surface area contributed by atoms with Crippen molar-refractivity contribution in [1.82, 2.24) is 25.3 Å². The zero-order valence-electron chi connectivity index (χ0n) is 31.6. The second-order valence-electron chi connectivity index (χ2n) is 14.8. The number of carbonyl (C=O) groups excluding carboxylic acids is 2. The molecule has 0 spiro atoms. The summed E-state index contributed by atoms with van der Waals surface area (Å²) in [6.45, 7) is 26.3. The minimum absolute atomic E-state index is 0.0888. The largest absolute Gasteiger partial charge is 0.494 e. The Morgan fingerprint density at radius 3 is 1.67 bits per heavy atom. The SMILES string of the molecule is COC(=O)c1cc(CO[Si](C)(C)C(C)(C)C)nc(C)n1.COc1cc(CNC(=O)c2cc(CO[Si](C)(C)C(C)(C)C)nc(C)n2)ccc1F. The van der Waals surface area contributed by atoms with Crippen molar-refractivity contribution < 1.29 is 32.3 Å². The van der Waals surface area contributed by atoms with E-state index in [0.29, 0.717) is 36.3 Å². The number of nitrogens with one attached hydrogen (secondary N) is 1. The third-order valence-corrected chi connectivity index (χ3v) is 17.8. The number of hydrogen-bond acceptors (Lipinski definition) is 10. The summed E-state index contributed by atoms with van der Waals surface area (Å²) in [6.07, 6.45) is 0. The number of aromatic nitrogens is 4. The summed E-state index contributed by atoms with van der Waals surface area (Å²) in [5.41, 5.74) is 2.66. The predicted molar refractivity (Wildman–Crippen MR) is 193 cm³/mol. The Bertz CT molecular complexity index is 1610. The molecule has 2 aromatic heterocycles. The van der Waals surface area contributed by atoms with E-state index >= 15 is 0 Å². The van der Waals surface area contributed by atoms with Crippen LogP contribution < -0.4 is 10.1 Å². The van der Waals surface area contributed by atoms with Crippen LogP contribution in [0.15, 0.2) is 30.3 Å². The second kappa shape index (κ2) is 16.9. The highest BCUT2D eigenvalue weighted by atomic mass is 28.4. The second-order valence-corrected chi connectivity index (χ2v) is 24.4. The third-order valence-electron chi connectivity index (χ3n) is 8.85. The maximum Gasteiger partial charge on any atom is 0.356 e. The Morgan fingerprint density at radius 1 is 0.755 bits per heavy atom. The fourth-order valence-electron chi connectivity index (χ4n) is 3.76. The fraction of sp³-hybridized carbons (Fsp3) is 0.543. The molecule has 0 bridgehead atoms. The monoisotopic (exact) mass is 715 g/mol. The van der Waals surface area contributed by atoms with E-state index in [2.05, 4.69) is 97.7 Å². The molecule has 14 heteroatoms. The molecular formula is C35H54FN5O6Si2. The maximum atomic E-state index is 13.5. The molecule has 49 heavy (non-hydrogen) atoms. The number of halogens is 1. The lowest BCUT2D eigenvalue weighted by atomic mass is 10.2. The number of methoxy groups -OCH3 is 2. The molecule has 0 aliphatic heterocycles. The molecule has 0 unspecified atom stereocenters. The summed E-state index contributed by atoms with van der Waals surface area (Å²) in [6, 6.07) is 7.75. The Hall–Kier alpha value is -3.60. The Kier molecular flexibility index (Phi) is 14.3. The van der Waals surface area contributed by atoms with E-state index in [1.807, 2.05) is 0 Å². The van der Waals surface area contributed by atoms with Gasteiger partial charge in [-0.25, -0.2) is 29.1 Å². The Labute approximate surface area is 293 Å². The zero-order valence-corrected chi connectivity index (χ0v) is 33.6. The number of rotatable bonds is 11. The smallest absolute Gasteiger partial charge is 0.356 e. The van der Waals surface area contributed by atoms with E-state index in [4.69, 9.17) is 13.6 Å². The fourth-order valence-corrected chi connectivity index (χ4v) is 5.64. The van der Waals surface area contributed by atoms with Crippen molar-refractivity contribution in [2.45, 2.75) is 111 Å². The number of hydrogen-bond donors (Lipinski definition) is 1. The van der Waals surface area contributed by atoms with Crippen LogP contribution in [-0.2, 0) is 33.3 Å². The lowest BCUT2D eigenvalue weighted by molar-refractivity contribution is 0.0593. The summed E-state index contributed by atoms with van der Waals surface area (Å²) >= 11 is 0. The average Bonchev–Trinajstić information content (AvgIpc) is 3.00. The van der Waals surface area contributed by atoms with Crippen LogP contribution in [0.4, 0.5) is 4.39 Å². The molecular weight excluding hydrogens is 662 g/mol. The standard InChI is InChI=1S/C21H30FN3O3Si.C14H24N2O3Si/c1-14-24-16(13-28-29(6,7)21(2,3)4)11-18(25-14)20(26)23-12-15-8-9-17(22)19(10-15)27-5;1-10-15-11(8-12(16-10)13(17)18-5)9-19-20(6,7)14(2,3)4/h8-11H,12-13H2,1-7H3,(H,23,26);8H,9H2,1-7H3. The highest BCUT2D eigenvalue weighted by Gasteiger charge is 2.38. The number of ether oxygens (including phenoxy) is 2. The van der Waals surface area contributed by atoms with Gasteiger partial charge < -0.3 is 23.6 Å². The van der Waals surface area contributed by atoms with Crippen LogP contribution in [0.2, 0.25) is 36.3 Å². The van der Waals surface area contributed by atoms with Crippen molar-refractivity contribution in [3.05, 3.63) is 76.1 Å². The number of amides is 1. The summed E-state index contributed by atoms with van der Waals surface area (Å²) in [5, 5.41) is 3.03. The first kappa shape index (κ1) is 41.6. The number of esters is 1. The van der Waals surface area contributed by atoms with Gasteiger partial charge in [0, 0.05) is 6.54 Å². The van der Waals surface area contributed by atoms with Gasteiger partial charge in [0.1, 0.15) is 17.3 Å². The normalized spacial score (nSPS) is 12.1. The van der Waals surface area contributed by atoms with E-state index in [-0.39, 0.29) is 39.7 Å². The van der Waals surface area contributed by atoms with Gasteiger partial charge in [-0.05, 0) is 79.9 Å². The molecule has 1 N–H and O–H groups in total. The van der Waals surface area contributed by atoms with Crippen LogP contribution in [0.5, 0.6) is 5.75 Å². The molecule has 2 heterocycles. The van der Waals surface area contributed by atoms with Gasteiger partial charge in [-0.3, -0.25) is 4.79 Å². The van der Waals surface area contributed by atoms with Crippen molar-refractivity contribution in [2.24, 2.45) is 0 Å². The molecule has 1 aromatic carbocycles. The Morgan fingerprint density at radius 2 is 1.22 bits per heavy atom. The highest BCUT2D eigenvalue weighted by molar-refractivity contribution is 6.74. The lowest BCUT2D eigenvalue weighted by Gasteiger charge is -2.36. The van der Waals surface area contributed by atoms with E-state index in [9.17, 15) is 14.0 Å². The number of benzene rings is 1. The zero-order chi connectivity index (χ0) is 37.4.